The first-order chi connectivity index (χ1) is 9.60. The number of nitrogens with one attached hydrogen (secondary N) is 1. The van der Waals surface area contributed by atoms with Crippen LogP contribution in [0.5, 0.6) is 0 Å². The molecule has 1 aliphatic heterocycles. The zero-order valence-electron chi connectivity index (χ0n) is 12.8. The average molecular weight is 311 g/mol. The fourth-order valence-corrected chi connectivity index (χ4v) is 4.48. The maximum absolute atomic E-state index is 12.6. The van der Waals surface area contributed by atoms with Crippen LogP contribution in [-0.4, -0.2) is 25.5 Å². The van der Waals surface area contributed by atoms with Gasteiger partial charge in [-0.1, -0.05) is 25.1 Å². The number of aryl methyl sites for hydroxylation is 1. The quantitative estimate of drug-likeness (QED) is 0.863. The first-order valence-electron chi connectivity index (χ1n) is 6.95. The fraction of sp³-hybridized carbons (Fsp3) is 0.533. The number of hydrogen-bond acceptors (Lipinski definition) is 4. The molecule has 0 aromatic heterocycles. The van der Waals surface area contributed by atoms with Crippen molar-refractivity contribution in [1.29, 1.82) is 0 Å². The highest BCUT2D eigenvalue weighted by Gasteiger charge is 2.51. The summed E-state index contributed by atoms with van der Waals surface area (Å²) in [5.41, 5.74) is -1.18. The Labute approximate surface area is 125 Å². The van der Waals surface area contributed by atoms with Crippen molar-refractivity contribution in [3.63, 3.8) is 0 Å². The Hall–Kier alpha value is -1.40. The molecule has 116 valence electrons. The van der Waals surface area contributed by atoms with E-state index in [4.69, 9.17) is 4.74 Å². The second-order valence-corrected chi connectivity index (χ2v) is 7.88. The van der Waals surface area contributed by atoms with Crippen LogP contribution in [0.15, 0.2) is 29.2 Å². The lowest BCUT2D eigenvalue weighted by Crippen LogP contribution is -2.49. The van der Waals surface area contributed by atoms with E-state index in [2.05, 4.69) is 4.72 Å². The van der Waals surface area contributed by atoms with E-state index < -0.39 is 27.1 Å². The molecule has 21 heavy (non-hydrogen) atoms. The number of cyclic esters (lactones) is 1. The summed E-state index contributed by atoms with van der Waals surface area (Å²) in [6.07, 6.45) is 0.899. The Morgan fingerprint density at radius 2 is 1.86 bits per heavy atom. The molecule has 6 heteroatoms. The van der Waals surface area contributed by atoms with Gasteiger partial charge in [0.25, 0.3) is 0 Å². The van der Waals surface area contributed by atoms with Gasteiger partial charge in [-0.15, -0.1) is 0 Å². The van der Waals surface area contributed by atoms with Gasteiger partial charge in [0.15, 0.2) is 0 Å². The summed E-state index contributed by atoms with van der Waals surface area (Å²) < 4.78 is 33.0. The number of ether oxygens (including phenoxy) is 1. The Morgan fingerprint density at radius 1 is 1.24 bits per heavy atom. The van der Waals surface area contributed by atoms with Gasteiger partial charge < -0.3 is 4.74 Å². The van der Waals surface area contributed by atoms with Crippen LogP contribution in [0.25, 0.3) is 0 Å². The molecule has 1 fully saturated rings. The first-order valence-corrected chi connectivity index (χ1v) is 8.43. The molecule has 1 saturated heterocycles. The molecule has 0 amide bonds. The van der Waals surface area contributed by atoms with Gasteiger partial charge in [-0.25, -0.2) is 8.42 Å². The zero-order chi connectivity index (χ0) is 15.9. The molecule has 0 aliphatic carbocycles. The maximum Gasteiger partial charge on any atom is 0.327 e. The van der Waals surface area contributed by atoms with Crippen LogP contribution in [0.3, 0.4) is 0 Å². The van der Waals surface area contributed by atoms with Crippen LogP contribution in [-0.2, 0) is 26.0 Å². The largest absolute Gasteiger partial charge is 0.458 e. The number of carbonyl (C=O) groups excluding carboxylic acids is 1. The molecular weight excluding hydrogens is 290 g/mol. The standard InChI is InChI=1S/C15H21NO4S/c1-5-11-8-6-7-9-12(11)21(18,19)16-15(4)10-14(2,3)20-13(15)17/h6-9,16H,5,10H2,1-4H3. The maximum atomic E-state index is 12.6. The van der Waals surface area contributed by atoms with Crippen molar-refractivity contribution in [1.82, 2.24) is 4.72 Å². The molecule has 0 bridgehead atoms. The average Bonchev–Trinajstić information content (AvgIpc) is 2.56. The van der Waals surface area contributed by atoms with E-state index in [0.29, 0.717) is 12.8 Å². The van der Waals surface area contributed by atoms with Crippen LogP contribution in [0.2, 0.25) is 0 Å². The van der Waals surface area contributed by atoms with Crippen molar-refractivity contribution < 1.29 is 17.9 Å². The van der Waals surface area contributed by atoms with Gasteiger partial charge in [0.1, 0.15) is 11.1 Å². The van der Waals surface area contributed by atoms with Crippen molar-refractivity contribution in [2.45, 2.75) is 56.6 Å². The minimum absolute atomic E-state index is 0.214. The van der Waals surface area contributed by atoms with Gasteiger partial charge in [0.05, 0.1) is 4.90 Å². The van der Waals surface area contributed by atoms with Gasteiger partial charge in [-0.05, 0) is 38.8 Å². The Bertz CT molecular complexity index is 666. The summed E-state index contributed by atoms with van der Waals surface area (Å²) in [6.45, 7) is 6.99. The summed E-state index contributed by atoms with van der Waals surface area (Å²) in [7, 11) is -3.78. The van der Waals surface area contributed by atoms with E-state index in [9.17, 15) is 13.2 Å². The number of hydrogen-bond donors (Lipinski definition) is 1. The van der Waals surface area contributed by atoms with Crippen molar-refractivity contribution >= 4 is 16.0 Å². The second kappa shape index (κ2) is 5.10. The monoisotopic (exact) mass is 311 g/mol. The Morgan fingerprint density at radius 3 is 2.38 bits per heavy atom. The van der Waals surface area contributed by atoms with Gasteiger partial charge in [0.2, 0.25) is 10.0 Å². The van der Waals surface area contributed by atoms with E-state index >= 15 is 0 Å². The summed E-state index contributed by atoms with van der Waals surface area (Å²) in [6, 6.07) is 6.79. The Kier molecular flexibility index (Phi) is 3.88. The molecule has 1 heterocycles. The molecule has 1 aromatic carbocycles. The third-order valence-electron chi connectivity index (χ3n) is 3.60. The number of carbonyl (C=O) groups is 1. The van der Waals surface area contributed by atoms with Crippen molar-refractivity contribution in [2.24, 2.45) is 0 Å². The highest BCUT2D eigenvalue weighted by atomic mass is 32.2. The van der Waals surface area contributed by atoms with Crippen LogP contribution in [0, 0.1) is 0 Å². The van der Waals surface area contributed by atoms with Crippen molar-refractivity contribution in [3.05, 3.63) is 29.8 Å². The summed E-state index contributed by atoms with van der Waals surface area (Å²) in [5, 5.41) is 0. The van der Waals surface area contributed by atoms with Crippen LogP contribution in [0.4, 0.5) is 0 Å². The number of sulfonamides is 1. The third-order valence-corrected chi connectivity index (χ3v) is 5.30. The number of rotatable bonds is 4. The SMILES string of the molecule is CCc1ccccc1S(=O)(=O)NC1(C)CC(C)(C)OC1=O. The normalized spacial score (nSPS) is 24.9. The molecule has 5 nitrogen and oxygen atoms in total. The predicted octanol–water partition coefficient (Wildman–Crippen LogP) is 2.01. The van der Waals surface area contributed by atoms with E-state index in [-0.39, 0.29) is 4.90 Å². The van der Waals surface area contributed by atoms with Crippen LogP contribution >= 0.6 is 0 Å². The predicted molar refractivity (Wildman–Crippen MR) is 79.3 cm³/mol. The van der Waals surface area contributed by atoms with E-state index in [1.807, 2.05) is 6.92 Å². The second-order valence-electron chi connectivity index (χ2n) is 6.22. The van der Waals surface area contributed by atoms with E-state index in [0.717, 1.165) is 5.56 Å². The minimum atomic E-state index is -3.78. The molecule has 0 saturated carbocycles. The van der Waals surface area contributed by atoms with Crippen LogP contribution in [0.1, 0.15) is 39.7 Å². The number of esters is 1. The molecule has 1 atom stereocenters. The zero-order valence-corrected chi connectivity index (χ0v) is 13.6. The summed E-state index contributed by atoms with van der Waals surface area (Å²) >= 11 is 0. The fourth-order valence-electron chi connectivity index (χ4n) is 2.81. The third kappa shape index (κ3) is 3.11. The van der Waals surface area contributed by atoms with Crippen molar-refractivity contribution in [2.75, 3.05) is 0 Å². The molecule has 1 aromatic rings. The minimum Gasteiger partial charge on any atom is -0.458 e. The molecule has 0 spiro atoms. The van der Waals surface area contributed by atoms with Gasteiger partial charge >= 0.3 is 5.97 Å². The lowest BCUT2D eigenvalue weighted by atomic mass is 9.93. The highest BCUT2D eigenvalue weighted by Crippen LogP contribution is 2.34. The first kappa shape index (κ1) is 16.0. The smallest absolute Gasteiger partial charge is 0.327 e. The molecular formula is C15H21NO4S. The summed E-state index contributed by atoms with van der Waals surface area (Å²) in [4.78, 5) is 12.2. The van der Waals surface area contributed by atoms with Gasteiger partial charge in [0, 0.05) is 6.42 Å². The van der Waals surface area contributed by atoms with Crippen LogP contribution < -0.4 is 4.72 Å². The lowest BCUT2D eigenvalue weighted by Gasteiger charge is -2.22. The van der Waals surface area contributed by atoms with Gasteiger partial charge in [-0.3, -0.25) is 4.79 Å². The van der Waals surface area contributed by atoms with E-state index in [1.165, 1.54) is 0 Å². The highest BCUT2D eigenvalue weighted by molar-refractivity contribution is 7.89. The molecule has 2 rings (SSSR count). The summed E-state index contributed by atoms with van der Waals surface area (Å²) in [5.74, 6) is -0.537. The molecule has 0 radical (unpaired) electrons. The van der Waals surface area contributed by atoms with E-state index in [1.54, 1.807) is 45.0 Å². The topological polar surface area (TPSA) is 72.5 Å². The Balaban J connectivity index is 2.36. The van der Waals surface area contributed by atoms with Gasteiger partial charge in [-0.2, -0.15) is 4.72 Å². The number of benzene rings is 1. The molecule has 1 unspecified atom stereocenters. The molecule has 1 N–H and O–H groups in total. The van der Waals surface area contributed by atoms with Crippen molar-refractivity contribution in [3.8, 4) is 0 Å². The lowest BCUT2D eigenvalue weighted by molar-refractivity contribution is -0.149. The molecule has 1 aliphatic rings.